The zero-order chi connectivity index (χ0) is 13.4. The summed E-state index contributed by atoms with van der Waals surface area (Å²) in [6.07, 6.45) is 2.28. The van der Waals surface area contributed by atoms with Gasteiger partial charge in [-0.25, -0.2) is 0 Å². The van der Waals surface area contributed by atoms with Crippen LogP contribution in [0.1, 0.15) is 47.0 Å². The second kappa shape index (κ2) is 7.92. The molecule has 2 unspecified atom stereocenters. The summed E-state index contributed by atoms with van der Waals surface area (Å²) in [5, 5.41) is 14.6. The van der Waals surface area contributed by atoms with E-state index in [-0.39, 0.29) is 17.8 Å². The van der Waals surface area contributed by atoms with Gasteiger partial charge in [0.25, 0.3) is 0 Å². The number of carbonyl (C=O) groups is 1. The summed E-state index contributed by atoms with van der Waals surface area (Å²) in [5.41, 5.74) is 5.54. The number of oxime groups is 1. The number of amides is 1. The van der Waals surface area contributed by atoms with E-state index in [0.717, 1.165) is 12.8 Å². The van der Waals surface area contributed by atoms with E-state index in [1.54, 1.807) is 0 Å². The van der Waals surface area contributed by atoms with E-state index in [9.17, 15) is 4.79 Å². The van der Waals surface area contributed by atoms with Crippen molar-refractivity contribution in [3.05, 3.63) is 0 Å². The minimum Gasteiger partial charge on any atom is -0.409 e. The molecule has 0 spiro atoms. The van der Waals surface area contributed by atoms with Crippen LogP contribution in [0.25, 0.3) is 0 Å². The molecule has 1 amide bonds. The number of rotatable bonds is 7. The second-order valence-electron chi connectivity index (χ2n) is 4.63. The highest BCUT2D eigenvalue weighted by Crippen LogP contribution is 2.11. The third-order valence-corrected chi connectivity index (χ3v) is 2.94. The van der Waals surface area contributed by atoms with E-state index in [0.29, 0.717) is 12.3 Å². The molecule has 0 aromatic heterocycles. The first-order valence-electron chi connectivity index (χ1n) is 6.25. The Balaban J connectivity index is 4.62. The van der Waals surface area contributed by atoms with Crippen molar-refractivity contribution in [2.75, 3.05) is 0 Å². The maximum Gasteiger partial charge on any atom is 0.231 e. The highest BCUT2D eigenvalue weighted by atomic mass is 16.4. The van der Waals surface area contributed by atoms with E-state index >= 15 is 0 Å². The van der Waals surface area contributed by atoms with Gasteiger partial charge in [0, 0.05) is 6.04 Å². The number of carbonyl (C=O) groups excluding carboxylic acids is 1. The van der Waals surface area contributed by atoms with Crippen molar-refractivity contribution in [2.45, 2.75) is 53.0 Å². The molecule has 0 radical (unpaired) electrons. The molecule has 0 saturated carbocycles. The third kappa shape index (κ3) is 5.06. The zero-order valence-electron chi connectivity index (χ0n) is 11.2. The molecular formula is C12H25N3O2. The lowest BCUT2D eigenvalue weighted by molar-refractivity contribution is -0.124. The van der Waals surface area contributed by atoms with Crippen LogP contribution < -0.4 is 11.1 Å². The van der Waals surface area contributed by atoms with E-state index in [2.05, 4.69) is 24.3 Å². The average molecular weight is 243 g/mol. The van der Waals surface area contributed by atoms with Crippen LogP contribution in [0.4, 0.5) is 0 Å². The molecule has 0 aromatic carbocycles. The van der Waals surface area contributed by atoms with Crippen molar-refractivity contribution >= 4 is 11.7 Å². The van der Waals surface area contributed by atoms with Gasteiger partial charge in [-0.3, -0.25) is 4.79 Å². The summed E-state index contributed by atoms with van der Waals surface area (Å²) in [6, 6.07) is 0.133. The maximum atomic E-state index is 12.0. The van der Waals surface area contributed by atoms with E-state index < -0.39 is 5.92 Å². The van der Waals surface area contributed by atoms with Gasteiger partial charge in [0.05, 0.1) is 5.92 Å². The summed E-state index contributed by atoms with van der Waals surface area (Å²) < 4.78 is 0. The Morgan fingerprint density at radius 3 is 2.35 bits per heavy atom. The van der Waals surface area contributed by atoms with Crippen LogP contribution in [-0.4, -0.2) is 23.0 Å². The topological polar surface area (TPSA) is 87.7 Å². The third-order valence-electron chi connectivity index (χ3n) is 2.94. The monoisotopic (exact) mass is 243 g/mol. The molecule has 0 saturated heterocycles. The summed E-state index contributed by atoms with van der Waals surface area (Å²) in [5.74, 6) is -0.318. The molecule has 5 heteroatoms. The molecule has 0 aliphatic carbocycles. The van der Waals surface area contributed by atoms with Crippen molar-refractivity contribution in [3.8, 4) is 0 Å². The van der Waals surface area contributed by atoms with Gasteiger partial charge < -0.3 is 16.3 Å². The molecule has 0 rings (SSSR count). The zero-order valence-corrected chi connectivity index (χ0v) is 11.2. The van der Waals surface area contributed by atoms with Crippen LogP contribution >= 0.6 is 0 Å². The van der Waals surface area contributed by atoms with Crippen molar-refractivity contribution in [1.82, 2.24) is 5.32 Å². The minimum atomic E-state index is -0.530. The Kier molecular flexibility index (Phi) is 7.34. The second-order valence-corrected chi connectivity index (χ2v) is 4.63. The van der Waals surface area contributed by atoms with Gasteiger partial charge in [0.2, 0.25) is 5.91 Å². The van der Waals surface area contributed by atoms with Crippen molar-refractivity contribution < 1.29 is 10.0 Å². The highest BCUT2D eigenvalue weighted by molar-refractivity contribution is 6.02. The number of nitrogens with two attached hydrogens (primary N) is 1. The molecule has 0 aliphatic rings. The standard InChI is InChI=1S/C12H25N3O2/c1-5-7-9(11(13)15-17)12(16)14-10(6-2)8(3)4/h8-10,17H,5-7H2,1-4H3,(H2,13,15)(H,14,16). The molecule has 4 N–H and O–H groups in total. The van der Waals surface area contributed by atoms with Gasteiger partial charge in [0.1, 0.15) is 0 Å². The predicted molar refractivity (Wildman–Crippen MR) is 68.9 cm³/mol. The van der Waals surface area contributed by atoms with Gasteiger partial charge >= 0.3 is 0 Å². The first-order chi connectivity index (χ1) is 7.97. The number of hydrogen-bond donors (Lipinski definition) is 3. The lowest BCUT2D eigenvalue weighted by atomic mass is 9.97. The Hall–Kier alpha value is -1.26. The van der Waals surface area contributed by atoms with Crippen molar-refractivity contribution in [1.29, 1.82) is 0 Å². The van der Waals surface area contributed by atoms with Crippen LogP contribution in [0.2, 0.25) is 0 Å². The van der Waals surface area contributed by atoms with Crippen LogP contribution in [0.15, 0.2) is 5.16 Å². The Morgan fingerprint density at radius 1 is 1.41 bits per heavy atom. The maximum absolute atomic E-state index is 12.0. The molecule has 5 nitrogen and oxygen atoms in total. The highest BCUT2D eigenvalue weighted by Gasteiger charge is 2.25. The Bertz CT molecular complexity index is 264. The number of nitrogens with zero attached hydrogens (tertiary/aromatic N) is 1. The molecule has 0 heterocycles. The van der Waals surface area contributed by atoms with E-state index in [1.165, 1.54) is 0 Å². The van der Waals surface area contributed by atoms with Crippen LogP contribution in [0.3, 0.4) is 0 Å². The molecule has 17 heavy (non-hydrogen) atoms. The first kappa shape index (κ1) is 15.7. The lowest BCUT2D eigenvalue weighted by Gasteiger charge is -2.23. The van der Waals surface area contributed by atoms with E-state index in [4.69, 9.17) is 10.9 Å². The van der Waals surface area contributed by atoms with Gasteiger partial charge in [-0.15, -0.1) is 0 Å². The van der Waals surface area contributed by atoms with Crippen molar-refractivity contribution in [2.24, 2.45) is 22.7 Å². The van der Waals surface area contributed by atoms with Gasteiger partial charge in [-0.05, 0) is 18.8 Å². The molecule has 0 aliphatic heterocycles. The first-order valence-corrected chi connectivity index (χ1v) is 6.25. The minimum absolute atomic E-state index is 0.0111. The molecule has 0 aromatic rings. The van der Waals surface area contributed by atoms with Gasteiger partial charge in [-0.2, -0.15) is 0 Å². The SMILES string of the molecule is CCCC(C(=O)NC(CC)C(C)C)C(N)=NO. The number of amidine groups is 1. The number of nitrogens with one attached hydrogen (secondary N) is 1. The normalized spacial score (nSPS) is 15.7. The van der Waals surface area contributed by atoms with E-state index in [1.807, 2.05) is 13.8 Å². The lowest BCUT2D eigenvalue weighted by Crippen LogP contribution is -2.45. The fraction of sp³-hybridized carbons (Fsp3) is 0.833. The summed E-state index contributed by atoms with van der Waals surface area (Å²) >= 11 is 0. The van der Waals surface area contributed by atoms with Gasteiger partial charge in [-0.1, -0.05) is 39.3 Å². The molecular weight excluding hydrogens is 218 g/mol. The molecule has 100 valence electrons. The number of hydrogen-bond acceptors (Lipinski definition) is 3. The van der Waals surface area contributed by atoms with Gasteiger partial charge in [0.15, 0.2) is 5.84 Å². The molecule has 0 fully saturated rings. The Morgan fingerprint density at radius 2 is 2.00 bits per heavy atom. The predicted octanol–water partition coefficient (Wildman–Crippen LogP) is 1.70. The van der Waals surface area contributed by atoms with Crippen LogP contribution in [0, 0.1) is 11.8 Å². The summed E-state index contributed by atoms with van der Waals surface area (Å²) in [6.45, 7) is 8.12. The molecule has 0 bridgehead atoms. The van der Waals surface area contributed by atoms with Crippen LogP contribution in [0.5, 0.6) is 0 Å². The smallest absolute Gasteiger partial charge is 0.231 e. The summed E-state index contributed by atoms with van der Waals surface area (Å²) in [7, 11) is 0. The van der Waals surface area contributed by atoms with Crippen molar-refractivity contribution in [3.63, 3.8) is 0 Å². The quantitative estimate of drug-likeness (QED) is 0.275. The van der Waals surface area contributed by atoms with Crippen LogP contribution in [-0.2, 0) is 4.79 Å². The fourth-order valence-electron chi connectivity index (χ4n) is 1.80. The largest absolute Gasteiger partial charge is 0.409 e. The molecule has 2 atom stereocenters. The fourth-order valence-corrected chi connectivity index (χ4v) is 1.80. The Labute approximate surface area is 103 Å². The average Bonchev–Trinajstić information content (AvgIpc) is 2.31. The summed E-state index contributed by atoms with van der Waals surface area (Å²) in [4.78, 5) is 12.0.